The van der Waals surface area contributed by atoms with Crippen LogP contribution in [0.2, 0.25) is 0 Å². The van der Waals surface area contributed by atoms with Gasteiger partial charge in [0.25, 0.3) is 5.91 Å². The van der Waals surface area contributed by atoms with Crippen LogP contribution in [0.15, 0.2) is 82.0 Å². The normalized spacial score (nSPS) is 15.6. The number of benzene rings is 3. The van der Waals surface area contributed by atoms with E-state index >= 15 is 0 Å². The summed E-state index contributed by atoms with van der Waals surface area (Å²) in [5.74, 6) is -1.46. The van der Waals surface area contributed by atoms with Crippen LogP contribution in [-0.4, -0.2) is 23.3 Å². The second kappa shape index (κ2) is 8.02. The van der Waals surface area contributed by atoms with E-state index in [0.29, 0.717) is 27.8 Å². The quantitative estimate of drug-likeness (QED) is 0.466. The molecule has 0 radical (unpaired) electrons. The van der Waals surface area contributed by atoms with E-state index < -0.39 is 29.3 Å². The predicted molar refractivity (Wildman–Crippen MR) is 122 cm³/mol. The molecule has 4 aromatic rings. The van der Waals surface area contributed by atoms with Crippen LogP contribution in [0, 0.1) is 12.7 Å². The number of rotatable bonds is 2. The maximum atomic E-state index is 13.7. The van der Waals surface area contributed by atoms with E-state index in [1.54, 1.807) is 42.5 Å². The number of carbonyl (C=O) groups excluding carboxylic acids is 2. The Morgan fingerprint density at radius 3 is 2.58 bits per heavy atom. The Morgan fingerprint density at radius 2 is 1.79 bits per heavy atom. The molecule has 0 spiro atoms. The first-order chi connectivity index (χ1) is 15.9. The van der Waals surface area contributed by atoms with Crippen molar-refractivity contribution in [2.45, 2.75) is 13.0 Å². The molecule has 6 nitrogen and oxygen atoms in total. The smallest absolute Gasteiger partial charge is 0.349 e. The van der Waals surface area contributed by atoms with Crippen molar-refractivity contribution in [3.05, 3.63) is 111 Å². The molecule has 2 amide bonds. The van der Waals surface area contributed by atoms with Crippen LogP contribution in [0.4, 0.5) is 10.1 Å². The molecular weight excluding hydrogens is 423 g/mol. The van der Waals surface area contributed by atoms with Crippen molar-refractivity contribution in [2.24, 2.45) is 0 Å². The molecule has 2 heterocycles. The number of carbonyl (C=O) groups is 2. The first kappa shape index (κ1) is 20.6. The number of fused-ring (bicyclic) bond motifs is 2. The zero-order valence-corrected chi connectivity index (χ0v) is 17.7. The minimum Gasteiger partial charge on any atom is -0.422 e. The third kappa shape index (κ3) is 3.78. The minimum absolute atomic E-state index is 0.176. The number of nitrogens with one attached hydrogen (secondary N) is 1. The molecule has 3 aromatic carbocycles. The molecule has 5 rings (SSSR count). The number of aryl methyl sites for hydroxylation is 1. The van der Waals surface area contributed by atoms with Crippen molar-refractivity contribution in [1.29, 1.82) is 0 Å². The van der Waals surface area contributed by atoms with Gasteiger partial charge < -0.3 is 14.6 Å². The molecule has 33 heavy (non-hydrogen) atoms. The Bertz CT molecular complexity index is 1460. The van der Waals surface area contributed by atoms with Crippen molar-refractivity contribution in [3.63, 3.8) is 0 Å². The van der Waals surface area contributed by atoms with Crippen molar-refractivity contribution in [2.75, 3.05) is 11.9 Å². The van der Waals surface area contributed by atoms with Gasteiger partial charge in [-0.25, -0.2) is 9.18 Å². The van der Waals surface area contributed by atoms with Gasteiger partial charge in [0, 0.05) is 16.6 Å². The molecule has 1 aromatic heterocycles. The first-order valence-electron chi connectivity index (χ1n) is 10.4. The lowest BCUT2D eigenvalue weighted by Crippen LogP contribution is -2.40. The molecule has 0 saturated heterocycles. The summed E-state index contributed by atoms with van der Waals surface area (Å²) in [7, 11) is 0. The summed E-state index contributed by atoms with van der Waals surface area (Å²) in [5.41, 5.74) is 2.17. The lowest BCUT2D eigenvalue weighted by atomic mass is 9.94. The van der Waals surface area contributed by atoms with Crippen LogP contribution in [-0.2, 0) is 4.79 Å². The molecular formula is C26H19FN2O4. The Labute approximate surface area is 188 Å². The number of amides is 2. The summed E-state index contributed by atoms with van der Waals surface area (Å²) < 4.78 is 19.0. The zero-order chi connectivity index (χ0) is 23.1. The van der Waals surface area contributed by atoms with Crippen LogP contribution in [0.3, 0.4) is 0 Å². The van der Waals surface area contributed by atoms with Gasteiger partial charge in [0.05, 0.1) is 6.04 Å². The highest BCUT2D eigenvalue weighted by atomic mass is 19.1. The summed E-state index contributed by atoms with van der Waals surface area (Å²) in [6, 6.07) is 18.9. The molecule has 1 aliphatic heterocycles. The van der Waals surface area contributed by atoms with Crippen LogP contribution >= 0.6 is 0 Å². The highest BCUT2D eigenvalue weighted by Crippen LogP contribution is 2.37. The van der Waals surface area contributed by atoms with E-state index in [9.17, 15) is 18.8 Å². The number of hydrogen-bond acceptors (Lipinski definition) is 4. The molecule has 1 atom stereocenters. The van der Waals surface area contributed by atoms with Gasteiger partial charge in [-0.2, -0.15) is 0 Å². The Kier molecular flexibility index (Phi) is 5.01. The van der Waals surface area contributed by atoms with Gasteiger partial charge in [0.15, 0.2) is 0 Å². The first-order valence-corrected chi connectivity index (χ1v) is 10.4. The van der Waals surface area contributed by atoms with Crippen LogP contribution in [0.1, 0.15) is 33.1 Å². The predicted octanol–water partition coefficient (Wildman–Crippen LogP) is 4.42. The van der Waals surface area contributed by atoms with E-state index in [2.05, 4.69) is 5.32 Å². The molecule has 0 saturated carbocycles. The van der Waals surface area contributed by atoms with Gasteiger partial charge in [-0.3, -0.25) is 9.59 Å². The van der Waals surface area contributed by atoms with Gasteiger partial charge in [-0.1, -0.05) is 48.0 Å². The Hall–Kier alpha value is -4.26. The standard InChI is InChI=1S/C26H19FN2O4/c1-15-6-11-21-19(12-15)24(16-7-9-18(27)10-8-16)29(14-23(30)28-21)25(31)20-13-17-4-2-3-5-22(17)33-26(20)32/h2-13,24H,14H2,1H3,(H,28,30)/t24-/m1/s1. The van der Waals surface area contributed by atoms with E-state index in [1.165, 1.54) is 23.1 Å². The molecule has 0 bridgehead atoms. The molecule has 1 aliphatic rings. The van der Waals surface area contributed by atoms with E-state index in [1.807, 2.05) is 19.1 Å². The molecule has 164 valence electrons. The molecule has 0 fully saturated rings. The second-order valence-electron chi connectivity index (χ2n) is 8.01. The van der Waals surface area contributed by atoms with E-state index in [4.69, 9.17) is 4.42 Å². The fraction of sp³-hybridized carbons (Fsp3) is 0.115. The minimum atomic E-state index is -0.786. The van der Waals surface area contributed by atoms with Gasteiger partial charge in [0.1, 0.15) is 23.5 Å². The van der Waals surface area contributed by atoms with Crippen molar-refractivity contribution in [3.8, 4) is 0 Å². The van der Waals surface area contributed by atoms with Crippen LogP contribution < -0.4 is 10.9 Å². The summed E-state index contributed by atoms with van der Waals surface area (Å²) in [6.45, 7) is 1.61. The fourth-order valence-electron chi connectivity index (χ4n) is 4.19. The topological polar surface area (TPSA) is 79.6 Å². The number of nitrogens with zero attached hydrogens (tertiary/aromatic N) is 1. The van der Waals surface area contributed by atoms with Gasteiger partial charge in [0.2, 0.25) is 5.91 Å². The maximum absolute atomic E-state index is 13.7. The molecule has 0 unspecified atom stereocenters. The third-order valence-electron chi connectivity index (χ3n) is 5.72. The lowest BCUT2D eigenvalue weighted by Gasteiger charge is -2.30. The third-order valence-corrected chi connectivity index (χ3v) is 5.72. The second-order valence-corrected chi connectivity index (χ2v) is 8.01. The highest BCUT2D eigenvalue weighted by molar-refractivity contribution is 6.02. The maximum Gasteiger partial charge on any atom is 0.349 e. The average molecular weight is 442 g/mol. The van der Waals surface area contributed by atoms with Gasteiger partial charge in [-0.05, 0) is 42.8 Å². The van der Waals surface area contributed by atoms with Crippen LogP contribution in [0.5, 0.6) is 0 Å². The van der Waals surface area contributed by atoms with Crippen LogP contribution in [0.25, 0.3) is 11.0 Å². The number of hydrogen-bond donors (Lipinski definition) is 1. The zero-order valence-electron chi connectivity index (χ0n) is 17.7. The Balaban J connectivity index is 1.70. The SMILES string of the molecule is Cc1ccc2c(c1)[C@@H](c1ccc(F)cc1)N(C(=O)c1cc3ccccc3oc1=O)CC(=O)N2. The lowest BCUT2D eigenvalue weighted by molar-refractivity contribution is -0.117. The van der Waals surface area contributed by atoms with E-state index in [0.717, 1.165) is 5.56 Å². The molecule has 1 N–H and O–H groups in total. The molecule has 7 heteroatoms. The Morgan fingerprint density at radius 1 is 1.03 bits per heavy atom. The summed E-state index contributed by atoms with van der Waals surface area (Å²) in [6.07, 6.45) is 0. The van der Waals surface area contributed by atoms with Crippen molar-refractivity contribution in [1.82, 2.24) is 4.90 Å². The number of anilines is 1. The van der Waals surface area contributed by atoms with Gasteiger partial charge in [-0.15, -0.1) is 0 Å². The van der Waals surface area contributed by atoms with Gasteiger partial charge >= 0.3 is 5.63 Å². The van der Waals surface area contributed by atoms with Crippen molar-refractivity contribution < 1.29 is 18.4 Å². The average Bonchev–Trinajstić information content (AvgIpc) is 2.94. The largest absolute Gasteiger partial charge is 0.422 e. The molecule has 0 aliphatic carbocycles. The summed E-state index contributed by atoms with van der Waals surface area (Å²) >= 11 is 0. The highest BCUT2D eigenvalue weighted by Gasteiger charge is 2.35. The fourth-order valence-corrected chi connectivity index (χ4v) is 4.19. The number of halogens is 1. The summed E-state index contributed by atoms with van der Waals surface area (Å²) in [4.78, 5) is 40.5. The van der Waals surface area contributed by atoms with E-state index in [-0.39, 0.29) is 12.1 Å². The van der Waals surface area contributed by atoms with Crippen molar-refractivity contribution >= 4 is 28.5 Å². The number of para-hydroxylation sites is 1. The monoisotopic (exact) mass is 442 g/mol. The summed E-state index contributed by atoms with van der Waals surface area (Å²) in [5, 5.41) is 3.42.